The van der Waals surface area contributed by atoms with Crippen LogP contribution in [0.1, 0.15) is 26.1 Å². The number of aromatic nitrogens is 3. The molecule has 1 aromatic rings. The van der Waals surface area contributed by atoms with Crippen LogP contribution in [0.3, 0.4) is 0 Å². The van der Waals surface area contributed by atoms with Crippen molar-refractivity contribution in [2.45, 2.75) is 32.9 Å². The molecule has 5 N–H and O–H groups in total. The summed E-state index contributed by atoms with van der Waals surface area (Å²) in [6.07, 6.45) is 0.606. The van der Waals surface area contributed by atoms with Crippen LogP contribution < -0.4 is 15.8 Å². The normalized spacial score (nSPS) is 13.7. The first-order valence-electron chi connectivity index (χ1n) is 5.80. The lowest BCUT2D eigenvalue weighted by atomic mass is 10.3. The molecule has 18 heavy (non-hydrogen) atoms. The van der Waals surface area contributed by atoms with Gasteiger partial charge in [-0.3, -0.25) is 5.10 Å². The number of hydrogen-bond donors (Lipinski definition) is 4. The summed E-state index contributed by atoms with van der Waals surface area (Å²) in [6.45, 7) is 4.51. The number of sulfonamides is 1. The van der Waals surface area contributed by atoms with E-state index in [1.54, 1.807) is 0 Å². The van der Waals surface area contributed by atoms with E-state index in [0.717, 1.165) is 0 Å². The van der Waals surface area contributed by atoms with Crippen LogP contribution in [0.2, 0.25) is 0 Å². The summed E-state index contributed by atoms with van der Waals surface area (Å²) in [7, 11) is -3.15. The van der Waals surface area contributed by atoms with Crippen LogP contribution in [0.4, 0.5) is 5.95 Å². The van der Waals surface area contributed by atoms with E-state index in [4.69, 9.17) is 5.73 Å². The summed E-state index contributed by atoms with van der Waals surface area (Å²) >= 11 is 0. The van der Waals surface area contributed by atoms with Crippen molar-refractivity contribution in [1.29, 1.82) is 0 Å². The molecule has 0 amide bonds. The second-order valence-corrected chi connectivity index (χ2v) is 6.02. The molecule has 1 atom stereocenters. The summed E-state index contributed by atoms with van der Waals surface area (Å²) in [5.74, 6) is 0.970. The van der Waals surface area contributed by atoms with Gasteiger partial charge in [0.2, 0.25) is 16.0 Å². The topological polar surface area (TPSA) is 126 Å². The number of rotatable bonds is 8. The van der Waals surface area contributed by atoms with Crippen molar-refractivity contribution in [2.75, 3.05) is 18.0 Å². The number of nitrogens with zero attached hydrogens (tertiary/aromatic N) is 2. The third-order valence-corrected chi connectivity index (χ3v) is 3.80. The average Bonchev–Trinajstić information content (AvgIpc) is 2.70. The molecule has 104 valence electrons. The molecule has 0 saturated carbocycles. The molecule has 0 unspecified atom stereocenters. The predicted octanol–water partition coefficient (Wildman–Crippen LogP) is -0.806. The van der Waals surface area contributed by atoms with E-state index < -0.39 is 10.0 Å². The van der Waals surface area contributed by atoms with Gasteiger partial charge in [-0.05, 0) is 13.3 Å². The second kappa shape index (κ2) is 6.66. The minimum absolute atomic E-state index is 0.0112. The van der Waals surface area contributed by atoms with Crippen LogP contribution in [0, 0.1) is 0 Å². The average molecular weight is 276 g/mol. The Kier molecular flexibility index (Phi) is 5.51. The number of hydrogen-bond acceptors (Lipinski definition) is 6. The molecule has 0 spiro atoms. The molecular weight excluding hydrogens is 256 g/mol. The van der Waals surface area contributed by atoms with Crippen LogP contribution >= 0.6 is 0 Å². The van der Waals surface area contributed by atoms with E-state index in [2.05, 4.69) is 25.2 Å². The number of anilines is 1. The van der Waals surface area contributed by atoms with Crippen molar-refractivity contribution in [2.24, 2.45) is 0 Å². The van der Waals surface area contributed by atoms with Gasteiger partial charge in [0.25, 0.3) is 0 Å². The number of nitrogens with one attached hydrogen (secondary N) is 3. The van der Waals surface area contributed by atoms with Crippen LogP contribution in [0.5, 0.6) is 0 Å². The third-order valence-electron chi connectivity index (χ3n) is 2.25. The highest BCUT2D eigenvalue weighted by molar-refractivity contribution is 7.89. The predicted molar refractivity (Wildman–Crippen MR) is 69.2 cm³/mol. The van der Waals surface area contributed by atoms with Gasteiger partial charge in [-0.15, -0.1) is 5.10 Å². The van der Waals surface area contributed by atoms with E-state index in [0.29, 0.717) is 25.3 Å². The molecule has 0 saturated heterocycles. The molecule has 0 bridgehead atoms. The van der Waals surface area contributed by atoms with Gasteiger partial charge in [-0.2, -0.15) is 4.98 Å². The van der Waals surface area contributed by atoms with Gasteiger partial charge < -0.3 is 11.1 Å². The zero-order valence-electron chi connectivity index (χ0n) is 10.6. The van der Waals surface area contributed by atoms with Crippen LogP contribution in [0.25, 0.3) is 0 Å². The summed E-state index contributed by atoms with van der Waals surface area (Å²) < 4.78 is 25.4. The molecular formula is C9H20N6O2S. The standard InChI is InChI=1S/C9H20N6O2S/c1-3-4-18(16,17)12-5-7(2)11-6-8-13-9(10)15-14-8/h7,11-12H,3-6H2,1-2H3,(H3,10,13,14,15)/t7-/m1/s1. The fourth-order valence-corrected chi connectivity index (χ4v) is 2.51. The summed E-state index contributed by atoms with van der Waals surface area (Å²) in [5.41, 5.74) is 5.36. The Hall–Kier alpha value is -1.19. The fraction of sp³-hybridized carbons (Fsp3) is 0.778. The maximum atomic E-state index is 11.4. The summed E-state index contributed by atoms with van der Waals surface area (Å²) in [6, 6.07) is -0.0112. The Morgan fingerprint density at radius 3 is 2.78 bits per heavy atom. The number of H-pyrrole nitrogens is 1. The molecule has 9 heteroatoms. The quantitative estimate of drug-likeness (QED) is 0.492. The monoisotopic (exact) mass is 276 g/mol. The van der Waals surface area contributed by atoms with Crippen LogP contribution in [0.15, 0.2) is 0 Å². The molecule has 0 aromatic carbocycles. The Bertz CT molecular complexity index is 457. The van der Waals surface area contributed by atoms with Crippen molar-refractivity contribution < 1.29 is 8.42 Å². The highest BCUT2D eigenvalue weighted by Gasteiger charge is 2.10. The van der Waals surface area contributed by atoms with Crippen molar-refractivity contribution in [1.82, 2.24) is 25.2 Å². The second-order valence-electron chi connectivity index (χ2n) is 4.09. The molecule has 0 aliphatic carbocycles. The van der Waals surface area contributed by atoms with Gasteiger partial charge in [-0.1, -0.05) is 6.92 Å². The molecule has 0 aliphatic rings. The maximum Gasteiger partial charge on any atom is 0.239 e. The molecule has 1 heterocycles. The molecule has 0 fully saturated rings. The minimum Gasteiger partial charge on any atom is -0.367 e. The molecule has 0 radical (unpaired) electrons. The van der Waals surface area contributed by atoms with E-state index in [1.165, 1.54) is 0 Å². The highest BCUT2D eigenvalue weighted by Crippen LogP contribution is 1.94. The Morgan fingerprint density at radius 1 is 1.50 bits per heavy atom. The Labute approximate surface area is 107 Å². The number of aromatic amines is 1. The maximum absolute atomic E-state index is 11.4. The van der Waals surface area contributed by atoms with Crippen molar-refractivity contribution in [3.8, 4) is 0 Å². The number of nitrogen functional groups attached to an aromatic ring is 1. The van der Waals surface area contributed by atoms with Crippen molar-refractivity contribution >= 4 is 16.0 Å². The lowest BCUT2D eigenvalue weighted by Gasteiger charge is -2.13. The van der Waals surface area contributed by atoms with Gasteiger partial charge in [0.15, 0.2) is 0 Å². The number of nitrogens with two attached hydrogens (primary N) is 1. The van der Waals surface area contributed by atoms with Gasteiger partial charge >= 0.3 is 0 Å². The first-order valence-corrected chi connectivity index (χ1v) is 7.45. The summed E-state index contributed by atoms with van der Waals surface area (Å²) in [5, 5.41) is 9.47. The van der Waals surface area contributed by atoms with E-state index in [-0.39, 0.29) is 17.7 Å². The van der Waals surface area contributed by atoms with Crippen molar-refractivity contribution in [3.05, 3.63) is 5.82 Å². The van der Waals surface area contributed by atoms with E-state index in [1.807, 2.05) is 13.8 Å². The van der Waals surface area contributed by atoms with Crippen LogP contribution in [-0.2, 0) is 16.6 Å². The largest absolute Gasteiger partial charge is 0.367 e. The highest BCUT2D eigenvalue weighted by atomic mass is 32.2. The zero-order valence-corrected chi connectivity index (χ0v) is 11.4. The van der Waals surface area contributed by atoms with Crippen LogP contribution in [-0.4, -0.2) is 41.9 Å². The van der Waals surface area contributed by atoms with Gasteiger partial charge in [0, 0.05) is 12.6 Å². The van der Waals surface area contributed by atoms with E-state index >= 15 is 0 Å². The third kappa shape index (κ3) is 5.43. The SMILES string of the molecule is CCCS(=O)(=O)NC[C@@H](C)NCc1nc(N)n[nH]1. The summed E-state index contributed by atoms with van der Waals surface area (Å²) in [4.78, 5) is 3.93. The van der Waals surface area contributed by atoms with Crippen molar-refractivity contribution in [3.63, 3.8) is 0 Å². The molecule has 0 aliphatic heterocycles. The van der Waals surface area contributed by atoms with E-state index in [9.17, 15) is 8.42 Å². The fourth-order valence-electron chi connectivity index (χ4n) is 1.33. The minimum atomic E-state index is -3.15. The Morgan fingerprint density at radius 2 is 2.22 bits per heavy atom. The Balaban J connectivity index is 2.27. The lowest BCUT2D eigenvalue weighted by Crippen LogP contribution is -2.39. The molecule has 8 nitrogen and oxygen atoms in total. The zero-order chi connectivity index (χ0) is 13.6. The first-order chi connectivity index (χ1) is 8.43. The molecule has 1 rings (SSSR count). The lowest BCUT2D eigenvalue weighted by molar-refractivity contribution is 0.516. The van der Waals surface area contributed by atoms with Gasteiger partial charge in [0.05, 0.1) is 12.3 Å². The molecule has 1 aromatic heterocycles. The smallest absolute Gasteiger partial charge is 0.239 e. The van der Waals surface area contributed by atoms with Gasteiger partial charge in [0.1, 0.15) is 5.82 Å². The first kappa shape index (κ1) is 14.9. The van der Waals surface area contributed by atoms with Gasteiger partial charge in [-0.25, -0.2) is 13.1 Å².